The van der Waals surface area contributed by atoms with Crippen LogP contribution < -0.4 is 10.5 Å². The number of ether oxygens (including phenoxy) is 1. The van der Waals surface area contributed by atoms with E-state index < -0.39 is 0 Å². The second-order valence-electron chi connectivity index (χ2n) is 10.3. The second-order valence-corrected chi connectivity index (χ2v) is 10.3. The van der Waals surface area contributed by atoms with E-state index in [1.165, 1.54) is 12.1 Å². The van der Waals surface area contributed by atoms with Crippen LogP contribution in [0.25, 0.3) is 11.0 Å². The maximum Gasteiger partial charge on any atom is 0.252 e. The van der Waals surface area contributed by atoms with Gasteiger partial charge in [0.1, 0.15) is 23.1 Å². The molecule has 0 radical (unpaired) electrons. The molecule has 5 rings (SSSR count). The Morgan fingerprint density at radius 2 is 1.68 bits per heavy atom. The van der Waals surface area contributed by atoms with Crippen LogP contribution in [0.2, 0.25) is 0 Å². The average molecular weight is 551 g/mol. The Morgan fingerprint density at radius 3 is 2.29 bits per heavy atom. The van der Waals surface area contributed by atoms with Crippen molar-refractivity contribution in [1.29, 1.82) is 10.5 Å². The first-order valence-electron chi connectivity index (χ1n) is 13.6. The number of fused-ring (bicyclic) bond motifs is 1. The van der Waals surface area contributed by atoms with Crippen LogP contribution in [0, 0.1) is 28.5 Å². The Bertz CT molecular complexity index is 1690. The molecule has 0 bridgehead atoms. The van der Waals surface area contributed by atoms with Gasteiger partial charge < -0.3 is 14.2 Å². The first-order chi connectivity index (χ1) is 19.9. The maximum atomic E-state index is 14.0. The Balaban J connectivity index is 1.62. The summed E-state index contributed by atoms with van der Waals surface area (Å²) in [5.74, 6) is -0.307. The van der Waals surface area contributed by atoms with Gasteiger partial charge in [-0.05, 0) is 53.9 Å². The van der Waals surface area contributed by atoms with Gasteiger partial charge in [0.25, 0.3) is 5.56 Å². The number of halogens is 1. The van der Waals surface area contributed by atoms with Crippen LogP contribution in [-0.2, 0) is 11.8 Å². The lowest BCUT2D eigenvalue weighted by molar-refractivity contribution is 0.0495. The summed E-state index contributed by atoms with van der Waals surface area (Å²) in [6.07, 6.45) is 0.786. The maximum absolute atomic E-state index is 14.0. The van der Waals surface area contributed by atoms with E-state index in [4.69, 9.17) is 4.74 Å². The van der Waals surface area contributed by atoms with Gasteiger partial charge in [0.15, 0.2) is 0 Å². The van der Waals surface area contributed by atoms with E-state index in [0.29, 0.717) is 42.0 Å². The Labute approximate surface area is 238 Å². The largest absolute Gasteiger partial charge is 0.383 e. The Hall–Kier alpha value is -4.57. The van der Waals surface area contributed by atoms with Crippen molar-refractivity contribution in [3.63, 3.8) is 0 Å². The molecule has 0 aliphatic carbocycles. The summed E-state index contributed by atoms with van der Waals surface area (Å²) in [5, 5.41) is 18.9. The van der Waals surface area contributed by atoms with Crippen LogP contribution in [0.1, 0.15) is 41.8 Å². The van der Waals surface area contributed by atoms with Crippen molar-refractivity contribution in [2.24, 2.45) is 7.05 Å². The topological polar surface area (TPSA) is 98.2 Å². The number of nitriles is 2. The highest BCUT2D eigenvalue weighted by Gasteiger charge is 2.39. The lowest BCUT2D eigenvalue weighted by Crippen LogP contribution is -2.60. The van der Waals surface area contributed by atoms with Gasteiger partial charge in [-0.25, -0.2) is 9.37 Å². The summed E-state index contributed by atoms with van der Waals surface area (Å²) in [6, 6.07) is 23.0. The number of aryl methyl sites for hydroxylation is 1. The standard InChI is InChI=1S/C32H31FN6O2/c1-4-26-18-39(32(23-9-11-24(33)12-10-23)22-7-5-21(16-34)6-8-22)27(20-41-3)19-38(26)29-15-30(40)37(2)28-14-13-25(17-35)36-31(28)29/h5-15,26-27,32H,4,18-20H2,1-3H3/t26-,27-,32?/m0/s1. The second kappa shape index (κ2) is 11.9. The van der Waals surface area contributed by atoms with Gasteiger partial charge in [-0.3, -0.25) is 9.69 Å². The molecule has 2 aromatic carbocycles. The molecule has 0 spiro atoms. The number of pyridine rings is 2. The number of anilines is 1. The van der Waals surface area contributed by atoms with Crippen LogP contribution in [0.5, 0.6) is 0 Å². The average Bonchev–Trinajstić information content (AvgIpc) is 3.00. The molecule has 208 valence electrons. The molecule has 1 unspecified atom stereocenters. The number of hydrogen-bond donors (Lipinski definition) is 0. The summed E-state index contributed by atoms with van der Waals surface area (Å²) in [7, 11) is 3.37. The first kappa shape index (κ1) is 28.0. The number of piperazine rings is 1. The predicted octanol–water partition coefficient (Wildman–Crippen LogP) is 4.52. The van der Waals surface area contributed by atoms with Gasteiger partial charge in [0.05, 0.1) is 41.5 Å². The fraction of sp³-hybridized carbons (Fsp3) is 0.312. The molecule has 1 saturated heterocycles. The third kappa shape index (κ3) is 5.43. The van der Waals surface area contributed by atoms with E-state index >= 15 is 0 Å². The molecule has 1 fully saturated rings. The van der Waals surface area contributed by atoms with Crippen molar-refractivity contribution >= 4 is 16.7 Å². The molecule has 3 atom stereocenters. The molecule has 9 heteroatoms. The molecule has 0 saturated carbocycles. The van der Waals surface area contributed by atoms with Gasteiger partial charge in [-0.1, -0.05) is 31.2 Å². The van der Waals surface area contributed by atoms with E-state index in [1.807, 2.05) is 12.1 Å². The summed E-state index contributed by atoms with van der Waals surface area (Å²) >= 11 is 0. The Kier molecular flexibility index (Phi) is 8.11. The molecule has 0 N–H and O–H groups in total. The third-order valence-electron chi connectivity index (χ3n) is 7.93. The minimum atomic E-state index is -0.307. The summed E-state index contributed by atoms with van der Waals surface area (Å²) in [5.41, 5.74) is 4.59. The van der Waals surface area contributed by atoms with Crippen LogP contribution in [0.4, 0.5) is 10.1 Å². The zero-order chi connectivity index (χ0) is 29.1. The number of aromatic nitrogens is 2. The van der Waals surface area contributed by atoms with Crippen molar-refractivity contribution in [3.8, 4) is 12.1 Å². The number of benzene rings is 2. The minimum Gasteiger partial charge on any atom is -0.383 e. The minimum absolute atomic E-state index is 0.00674. The predicted molar refractivity (Wildman–Crippen MR) is 155 cm³/mol. The lowest BCUT2D eigenvalue weighted by atomic mass is 9.92. The highest BCUT2D eigenvalue weighted by molar-refractivity contribution is 5.89. The van der Waals surface area contributed by atoms with Crippen LogP contribution in [0.3, 0.4) is 0 Å². The summed E-state index contributed by atoms with van der Waals surface area (Å²) < 4.78 is 21.2. The van der Waals surface area contributed by atoms with Crippen LogP contribution >= 0.6 is 0 Å². The molecule has 1 aliphatic rings. The molecule has 1 aliphatic heterocycles. The fourth-order valence-corrected chi connectivity index (χ4v) is 5.83. The van der Waals surface area contributed by atoms with Crippen molar-refractivity contribution in [2.45, 2.75) is 31.5 Å². The van der Waals surface area contributed by atoms with E-state index in [-0.39, 0.29) is 35.2 Å². The Morgan fingerprint density at radius 1 is 1.00 bits per heavy atom. The van der Waals surface area contributed by atoms with Crippen molar-refractivity contribution < 1.29 is 9.13 Å². The molecular formula is C32H31FN6O2. The monoisotopic (exact) mass is 550 g/mol. The van der Waals surface area contributed by atoms with Crippen molar-refractivity contribution in [3.05, 3.63) is 105 Å². The summed E-state index contributed by atoms with van der Waals surface area (Å²) in [6.45, 7) is 3.70. The molecule has 3 heterocycles. The first-order valence-corrected chi connectivity index (χ1v) is 13.6. The fourth-order valence-electron chi connectivity index (χ4n) is 5.83. The van der Waals surface area contributed by atoms with E-state index in [1.54, 1.807) is 61.2 Å². The number of methoxy groups -OCH3 is 1. The van der Waals surface area contributed by atoms with Crippen molar-refractivity contribution in [1.82, 2.24) is 14.5 Å². The third-order valence-corrected chi connectivity index (χ3v) is 7.93. The number of nitrogens with zero attached hydrogens (tertiary/aromatic N) is 6. The van der Waals surface area contributed by atoms with Gasteiger partial charge in [0, 0.05) is 39.4 Å². The highest BCUT2D eigenvalue weighted by atomic mass is 19.1. The van der Waals surface area contributed by atoms with Gasteiger partial charge in [0.2, 0.25) is 0 Å². The molecule has 41 heavy (non-hydrogen) atoms. The quantitative estimate of drug-likeness (QED) is 0.334. The molecule has 8 nitrogen and oxygen atoms in total. The highest BCUT2D eigenvalue weighted by Crippen LogP contribution is 2.37. The van der Waals surface area contributed by atoms with E-state index in [2.05, 4.69) is 33.8 Å². The van der Waals surface area contributed by atoms with E-state index in [9.17, 15) is 19.7 Å². The molecule has 4 aromatic rings. The normalized spacial score (nSPS) is 18.1. The smallest absolute Gasteiger partial charge is 0.252 e. The lowest BCUT2D eigenvalue weighted by Gasteiger charge is -2.50. The van der Waals surface area contributed by atoms with Crippen LogP contribution in [-0.4, -0.2) is 53.3 Å². The molecule has 2 aromatic heterocycles. The zero-order valence-electron chi connectivity index (χ0n) is 23.3. The van der Waals surface area contributed by atoms with Gasteiger partial charge >= 0.3 is 0 Å². The van der Waals surface area contributed by atoms with Gasteiger partial charge in [-0.2, -0.15) is 10.5 Å². The van der Waals surface area contributed by atoms with Gasteiger partial charge in [-0.15, -0.1) is 0 Å². The van der Waals surface area contributed by atoms with Crippen LogP contribution in [0.15, 0.2) is 71.5 Å². The molecular weight excluding hydrogens is 519 g/mol. The van der Waals surface area contributed by atoms with Crippen molar-refractivity contribution in [2.75, 3.05) is 31.7 Å². The number of hydrogen-bond acceptors (Lipinski definition) is 7. The number of rotatable bonds is 7. The zero-order valence-corrected chi connectivity index (χ0v) is 23.3. The molecule has 0 amide bonds. The van der Waals surface area contributed by atoms with E-state index in [0.717, 1.165) is 17.5 Å². The SMILES string of the molecule is CC[C@H]1CN(C(c2ccc(F)cc2)c2ccc(C#N)cc2)[C@H](COC)CN1c1cc(=O)n(C)c2ccc(C#N)nc12. The summed E-state index contributed by atoms with van der Waals surface area (Å²) in [4.78, 5) is 22.2.